The zero-order chi connectivity index (χ0) is 11.5. The van der Waals surface area contributed by atoms with Crippen LogP contribution in [0.25, 0.3) is 0 Å². The van der Waals surface area contributed by atoms with Crippen LogP contribution in [0.2, 0.25) is 5.02 Å². The lowest BCUT2D eigenvalue weighted by molar-refractivity contribution is 0.694. The van der Waals surface area contributed by atoms with Gasteiger partial charge in [0.1, 0.15) is 0 Å². The fourth-order valence-electron chi connectivity index (χ4n) is 1.66. The zero-order valence-electron chi connectivity index (χ0n) is 8.71. The molecule has 1 heterocycles. The molecule has 0 saturated heterocycles. The van der Waals surface area contributed by atoms with Gasteiger partial charge < -0.3 is 5.32 Å². The molecule has 0 aliphatic rings. The van der Waals surface area contributed by atoms with Crippen molar-refractivity contribution in [3.8, 4) is 0 Å². The summed E-state index contributed by atoms with van der Waals surface area (Å²) in [7, 11) is 1.96. The minimum atomic E-state index is 0.222. The van der Waals surface area contributed by atoms with E-state index in [2.05, 4.69) is 44.8 Å². The molecule has 1 aromatic carbocycles. The van der Waals surface area contributed by atoms with E-state index in [0.717, 1.165) is 8.81 Å². The summed E-state index contributed by atoms with van der Waals surface area (Å²) >= 11 is 11.1. The molecule has 0 spiro atoms. The average molecular weight is 317 g/mol. The van der Waals surface area contributed by atoms with Crippen molar-refractivity contribution >= 4 is 38.9 Å². The van der Waals surface area contributed by atoms with Crippen LogP contribution in [0.3, 0.4) is 0 Å². The molecule has 0 fully saturated rings. The first-order chi connectivity index (χ1) is 7.70. The Morgan fingerprint density at radius 1 is 1.25 bits per heavy atom. The van der Waals surface area contributed by atoms with Crippen molar-refractivity contribution in [2.45, 2.75) is 6.04 Å². The van der Waals surface area contributed by atoms with Crippen LogP contribution >= 0.6 is 38.9 Å². The maximum atomic E-state index is 5.88. The quantitative estimate of drug-likeness (QED) is 0.881. The molecule has 0 aliphatic heterocycles. The molecule has 1 nitrogen and oxygen atoms in total. The minimum absolute atomic E-state index is 0.222. The minimum Gasteiger partial charge on any atom is -0.309 e. The number of halogens is 2. The summed E-state index contributed by atoms with van der Waals surface area (Å²) in [4.78, 5) is 0. The maximum absolute atomic E-state index is 5.88. The Kier molecular flexibility index (Phi) is 4.03. The van der Waals surface area contributed by atoms with Crippen LogP contribution in [0, 0.1) is 0 Å². The summed E-state index contributed by atoms with van der Waals surface area (Å²) in [5.41, 5.74) is 2.49. The highest BCUT2D eigenvalue weighted by Crippen LogP contribution is 2.29. The average Bonchev–Trinajstić information content (AvgIpc) is 2.69. The number of nitrogens with one attached hydrogen (secondary N) is 1. The van der Waals surface area contributed by atoms with Gasteiger partial charge in [-0.2, -0.15) is 0 Å². The number of hydrogen-bond donors (Lipinski definition) is 1. The topological polar surface area (TPSA) is 12.0 Å². The van der Waals surface area contributed by atoms with Crippen LogP contribution in [0.1, 0.15) is 17.2 Å². The summed E-state index contributed by atoms with van der Waals surface area (Å²) in [6, 6.07) is 10.3. The van der Waals surface area contributed by atoms with Gasteiger partial charge in [-0.15, -0.1) is 11.3 Å². The Bertz CT molecular complexity index is 466. The van der Waals surface area contributed by atoms with Gasteiger partial charge in [0.15, 0.2) is 0 Å². The molecule has 1 N–H and O–H groups in total. The monoisotopic (exact) mass is 315 g/mol. The van der Waals surface area contributed by atoms with E-state index < -0.39 is 0 Å². The van der Waals surface area contributed by atoms with E-state index in [1.165, 1.54) is 11.1 Å². The standard InChI is InChI=1S/C12H11BrClNS/c1-15-12(9-6-11(13)16-7-9)8-2-4-10(14)5-3-8/h2-7,12,15H,1H3. The van der Waals surface area contributed by atoms with Gasteiger partial charge in [0, 0.05) is 5.02 Å². The van der Waals surface area contributed by atoms with Gasteiger partial charge in [-0.3, -0.25) is 0 Å². The summed E-state index contributed by atoms with van der Waals surface area (Å²) in [5, 5.41) is 6.23. The van der Waals surface area contributed by atoms with Gasteiger partial charge in [0.05, 0.1) is 9.83 Å². The molecule has 0 radical (unpaired) electrons. The molecule has 4 heteroatoms. The Labute approximate surface area is 113 Å². The molecule has 1 atom stereocenters. The van der Waals surface area contributed by atoms with Crippen LogP contribution < -0.4 is 5.32 Å². The lowest BCUT2D eigenvalue weighted by atomic mass is 10.0. The van der Waals surface area contributed by atoms with Crippen LogP contribution in [0.4, 0.5) is 0 Å². The SMILES string of the molecule is CNC(c1ccc(Cl)cc1)c1csc(Br)c1. The predicted octanol–water partition coefficient (Wildman–Crippen LogP) is 4.47. The number of thiophene rings is 1. The molecular formula is C12H11BrClNS. The van der Waals surface area contributed by atoms with E-state index in [-0.39, 0.29) is 6.04 Å². The maximum Gasteiger partial charge on any atom is 0.0701 e. The van der Waals surface area contributed by atoms with E-state index in [9.17, 15) is 0 Å². The Hall–Kier alpha value is -0.350. The highest BCUT2D eigenvalue weighted by molar-refractivity contribution is 9.11. The van der Waals surface area contributed by atoms with Gasteiger partial charge in [-0.25, -0.2) is 0 Å². The first-order valence-electron chi connectivity index (χ1n) is 4.87. The Morgan fingerprint density at radius 2 is 1.94 bits per heavy atom. The van der Waals surface area contributed by atoms with Crippen molar-refractivity contribution < 1.29 is 0 Å². The third kappa shape index (κ3) is 2.66. The van der Waals surface area contributed by atoms with Crippen molar-refractivity contribution in [3.05, 3.63) is 55.6 Å². The molecule has 0 bridgehead atoms. The first kappa shape index (κ1) is 12.1. The van der Waals surface area contributed by atoms with Crippen molar-refractivity contribution in [2.24, 2.45) is 0 Å². The van der Waals surface area contributed by atoms with Crippen LogP contribution in [-0.2, 0) is 0 Å². The molecule has 0 amide bonds. The van der Waals surface area contributed by atoms with Gasteiger partial charge in [0.2, 0.25) is 0 Å². The molecule has 1 unspecified atom stereocenters. The lowest BCUT2D eigenvalue weighted by Crippen LogP contribution is -2.16. The fraction of sp³-hybridized carbons (Fsp3) is 0.167. The molecule has 0 aliphatic carbocycles. The summed E-state index contributed by atoms with van der Waals surface area (Å²) < 4.78 is 1.15. The van der Waals surface area contributed by atoms with E-state index in [1.807, 2.05) is 19.2 Å². The fourth-order valence-corrected chi connectivity index (χ4v) is 2.98. The Morgan fingerprint density at radius 3 is 2.44 bits per heavy atom. The third-order valence-electron chi connectivity index (χ3n) is 2.41. The van der Waals surface area contributed by atoms with Crippen LogP contribution in [0.5, 0.6) is 0 Å². The van der Waals surface area contributed by atoms with Gasteiger partial charge in [-0.05, 0) is 57.7 Å². The molecule has 2 rings (SSSR count). The van der Waals surface area contributed by atoms with E-state index in [1.54, 1.807) is 11.3 Å². The highest BCUT2D eigenvalue weighted by Gasteiger charge is 2.12. The number of rotatable bonds is 3. The van der Waals surface area contributed by atoms with Gasteiger partial charge in [0.25, 0.3) is 0 Å². The highest BCUT2D eigenvalue weighted by atomic mass is 79.9. The largest absolute Gasteiger partial charge is 0.309 e. The van der Waals surface area contributed by atoms with E-state index >= 15 is 0 Å². The normalized spacial score (nSPS) is 12.7. The molecule has 84 valence electrons. The third-order valence-corrected chi connectivity index (χ3v) is 4.19. The molecule has 2 aromatic rings. The van der Waals surface area contributed by atoms with Crippen LogP contribution in [-0.4, -0.2) is 7.05 Å². The first-order valence-corrected chi connectivity index (χ1v) is 6.92. The summed E-state index contributed by atoms with van der Waals surface area (Å²) in [6.07, 6.45) is 0. The zero-order valence-corrected chi connectivity index (χ0v) is 11.9. The number of hydrogen-bond acceptors (Lipinski definition) is 2. The Balaban J connectivity index is 2.32. The second kappa shape index (κ2) is 5.32. The predicted molar refractivity (Wildman–Crippen MR) is 74.4 cm³/mol. The smallest absolute Gasteiger partial charge is 0.0701 e. The van der Waals surface area contributed by atoms with Crippen LogP contribution in [0.15, 0.2) is 39.5 Å². The van der Waals surface area contributed by atoms with E-state index in [4.69, 9.17) is 11.6 Å². The second-order valence-electron chi connectivity index (χ2n) is 3.46. The van der Waals surface area contributed by atoms with Crippen molar-refractivity contribution in [1.29, 1.82) is 0 Å². The second-order valence-corrected chi connectivity index (χ2v) is 6.18. The van der Waals surface area contributed by atoms with Crippen molar-refractivity contribution in [3.63, 3.8) is 0 Å². The number of benzene rings is 1. The molecule has 16 heavy (non-hydrogen) atoms. The summed E-state index contributed by atoms with van der Waals surface area (Å²) in [5.74, 6) is 0. The van der Waals surface area contributed by atoms with E-state index in [0.29, 0.717) is 0 Å². The molecule has 1 aromatic heterocycles. The van der Waals surface area contributed by atoms with Gasteiger partial charge >= 0.3 is 0 Å². The molecule has 0 saturated carbocycles. The van der Waals surface area contributed by atoms with Gasteiger partial charge in [-0.1, -0.05) is 23.7 Å². The molecular weight excluding hydrogens is 306 g/mol. The lowest BCUT2D eigenvalue weighted by Gasteiger charge is -2.15. The van der Waals surface area contributed by atoms with Crippen molar-refractivity contribution in [1.82, 2.24) is 5.32 Å². The van der Waals surface area contributed by atoms with Crippen molar-refractivity contribution in [2.75, 3.05) is 7.05 Å². The summed E-state index contributed by atoms with van der Waals surface area (Å²) in [6.45, 7) is 0.